The molecule has 0 aliphatic carbocycles. The van der Waals surface area contributed by atoms with Gasteiger partial charge in [-0.1, -0.05) is 23.4 Å². The first-order valence-corrected chi connectivity index (χ1v) is 8.55. The fourth-order valence-electron chi connectivity index (χ4n) is 3.05. The van der Waals surface area contributed by atoms with E-state index < -0.39 is 0 Å². The fraction of sp³-hybridized carbons (Fsp3) is 0.562. The van der Waals surface area contributed by atoms with Crippen LogP contribution in [-0.4, -0.2) is 40.0 Å². The molecule has 2 rings (SSSR count). The third kappa shape index (κ3) is 3.35. The highest BCUT2D eigenvalue weighted by Gasteiger charge is 2.38. The van der Waals surface area contributed by atoms with Crippen molar-refractivity contribution in [1.29, 1.82) is 0 Å². The van der Waals surface area contributed by atoms with E-state index in [-0.39, 0.29) is 4.75 Å². The van der Waals surface area contributed by atoms with Crippen molar-refractivity contribution in [1.82, 2.24) is 4.90 Å². The maximum absolute atomic E-state index is 8.99. The van der Waals surface area contributed by atoms with E-state index in [9.17, 15) is 0 Å². The number of hydrogen-bond donors (Lipinski definition) is 2. The minimum Gasteiger partial charge on any atom is -0.409 e. The van der Waals surface area contributed by atoms with Crippen LogP contribution in [-0.2, 0) is 6.54 Å². The smallest absolute Gasteiger partial charge is 0.155 e. The van der Waals surface area contributed by atoms with Crippen LogP contribution in [0.2, 0.25) is 0 Å². The van der Waals surface area contributed by atoms with Crippen molar-refractivity contribution in [2.75, 3.05) is 19.3 Å². The van der Waals surface area contributed by atoms with Crippen LogP contribution in [0, 0.1) is 13.8 Å². The first-order valence-electron chi connectivity index (χ1n) is 7.33. The molecule has 1 aromatic carbocycles. The van der Waals surface area contributed by atoms with Gasteiger partial charge in [0.25, 0.3) is 0 Å². The molecule has 1 aromatic rings. The van der Waals surface area contributed by atoms with Crippen molar-refractivity contribution in [3.63, 3.8) is 0 Å². The third-order valence-electron chi connectivity index (χ3n) is 4.66. The van der Waals surface area contributed by atoms with Gasteiger partial charge in [-0.25, -0.2) is 0 Å². The van der Waals surface area contributed by atoms with E-state index in [4.69, 9.17) is 10.9 Å². The molecule has 1 heterocycles. The highest BCUT2D eigenvalue weighted by molar-refractivity contribution is 8.00. The first-order chi connectivity index (χ1) is 10.0. The monoisotopic (exact) mass is 307 g/mol. The molecule has 1 aliphatic rings. The number of likely N-dealkylation sites (tertiary alicyclic amines) is 1. The molecule has 0 saturated carbocycles. The summed E-state index contributed by atoms with van der Waals surface area (Å²) in [4.78, 5) is 2.47. The van der Waals surface area contributed by atoms with Crippen LogP contribution in [0.1, 0.15) is 29.5 Å². The summed E-state index contributed by atoms with van der Waals surface area (Å²) in [5, 5.41) is 12.2. The number of aryl methyl sites for hydroxylation is 2. The SMILES string of the molecule is CSC1(/C(N)=N/O)CCN(Cc2c(C)cccc2C)CC1. The summed E-state index contributed by atoms with van der Waals surface area (Å²) in [7, 11) is 0. The van der Waals surface area contributed by atoms with Crippen molar-refractivity contribution in [3.8, 4) is 0 Å². The van der Waals surface area contributed by atoms with Gasteiger partial charge in [0.05, 0.1) is 4.75 Å². The summed E-state index contributed by atoms with van der Waals surface area (Å²) in [5.74, 6) is 0.363. The zero-order valence-corrected chi connectivity index (χ0v) is 13.9. The first kappa shape index (κ1) is 16.2. The second-order valence-electron chi connectivity index (χ2n) is 5.83. The molecular weight excluding hydrogens is 282 g/mol. The van der Waals surface area contributed by atoms with Crippen LogP contribution < -0.4 is 5.73 Å². The van der Waals surface area contributed by atoms with Crippen LogP contribution >= 0.6 is 11.8 Å². The number of hydrogen-bond acceptors (Lipinski definition) is 4. The number of piperidine rings is 1. The van der Waals surface area contributed by atoms with Gasteiger partial charge < -0.3 is 10.9 Å². The van der Waals surface area contributed by atoms with E-state index in [1.807, 2.05) is 6.26 Å². The van der Waals surface area contributed by atoms with Crippen LogP contribution in [0.3, 0.4) is 0 Å². The highest BCUT2D eigenvalue weighted by Crippen LogP contribution is 2.35. The molecule has 0 bridgehead atoms. The summed E-state index contributed by atoms with van der Waals surface area (Å²) < 4.78 is -0.202. The van der Waals surface area contributed by atoms with Gasteiger partial charge in [-0.15, -0.1) is 0 Å². The average molecular weight is 307 g/mol. The van der Waals surface area contributed by atoms with E-state index in [2.05, 4.69) is 42.1 Å². The minimum absolute atomic E-state index is 0.202. The van der Waals surface area contributed by atoms with Crippen LogP contribution in [0.5, 0.6) is 0 Å². The Morgan fingerprint density at radius 1 is 1.33 bits per heavy atom. The second kappa shape index (κ2) is 6.71. The van der Waals surface area contributed by atoms with Gasteiger partial charge in [-0.05, 0) is 49.6 Å². The second-order valence-corrected chi connectivity index (χ2v) is 7.02. The lowest BCUT2D eigenvalue weighted by molar-refractivity contribution is 0.208. The third-order valence-corrected chi connectivity index (χ3v) is 6.05. The van der Waals surface area contributed by atoms with E-state index in [1.165, 1.54) is 16.7 Å². The molecule has 21 heavy (non-hydrogen) atoms. The Bertz CT molecular complexity index is 502. The Kier molecular flexibility index (Phi) is 5.17. The summed E-state index contributed by atoms with van der Waals surface area (Å²) in [6.45, 7) is 7.29. The molecular formula is C16H25N3OS. The lowest BCUT2D eigenvalue weighted by Crippen LogP contribution is -2.49. The molecule has 0 unspecified atom stereocenters. The maximum atomic E-state index is 8.99. The predicted molar refractivity (Wildman–Crippen MR) is 90.1 cm³/mol. The molecule has 3 N–H and O–H groups in total. The van der Waals surface area contributed by atoms with Crippen LogP contribution in [0.15, 0.2) is 23.4 Å². The fourth-order valence-corrected chi connectivity index (χ4v) is 3.89. The number of rotatable bonds is 4. The molecule has 1 saturated heterocycles. The largest absolute Gasteiger partial charge is 0.409 e. The molecule has 0 spiro atoms. The Morgan fingerprint density at radius 2 is 1.90 bits per heavy atom. The lowest BCUT2D eigenvalue weighted by Gasteiger charge is -2.40. The van der Waals surface area contributed by atoms with Gasteiger partial charge in [0.2, 0.25) is 0 Å². The normalized spacial score (nSPS) is 19.7. The molecule has 0 aromatic heterocycles. The number of amidine groups is 1. The van der Waals surface area contributed by atoms with E-state index in [1.54, 1.807) is 11.8 Å². The van der Waals surface area contributed by atoms with Crippen molar-refractivity contribution < 1.29 is 5.21 Å². The van der Waals surface area contributed by atoms with E-state index >= 15 is 0 Å². The van der Waals surface area contributed by atoms with Crippen LogP contribution in [0.25, 0.3) is 0 Å². The Labute approximate surface area is 131 Å². The average Bonchev–Trinajstić information content (AvgIpc) is 2.51. The van der Waals surface area contributed by atoms with E-state index in [0.29, 0.717) is 5.84 Å². The topological polar surface area (TPSA) is 61.9 Å². The summed E-state index contributed by atoms with van der Waals surface area (Å²) in [6.07, 6.45) is 3.89. The Hall–Kier alpha value is -1.20. The standard InChI is InChI=1S/C16H25N3OS/c1-12-5-4-6-13(2)14(12)11-19-9-7-16(21-3,8-10-19)15(17)18-20/h4-6,20H,7-11H2,1-3H3,(H2,17,18). The molecule has 1 fully saturated rings. The molecule has 0 radical (unpaired) electrons. The van der Waals surface area contributed by atoms with Gasteiger partial charge in [0.1, 0.15) is 0 Å². The van der Waals surface area contributed by atoms with Crippen molar-refractivity contribution in [2.24, 2.45) is 10.9 Å². The summed E-state index contributed by atoms with van der Waals surface area (Å²) in [5.41, 5.74) is 10.0. The number of benzene rings is 1. The Morgan fingerprint density at radius 3 is 2.38 bits per heavy atom. The molecule has 0 amide bonds. The number of thioether (sulfide) groups is 1. The Balaban J connectivity index is 2.05. The molecule has 1 aliphatic heterocycles. The predicted octanol–water partition coefficient (Wildman–Crippen LogP) is 2.75. The van der Waals surface area contributed by atoms with Gasteiger partial charge in [-0.3, -0.25) is 4.90 Å². The molecule has 5 heteroatoms. The highest BCUT2D eigenvalue weighted by atomic mass is 32.2. The molecule has 4 nitrogen and oxygen atoms in total. The van der Waals surface area contributed by atoms with Gasteiger partial charge >= 0.3 is 0 Å². The van der Waals surface area contributed by atoms with E-state index in [0.717, 1.165) is 32.5 Å². The van der Waals surface area contributed by atoms with Gasteiger partial charge in [0.15, 0.2) is 5.84 Å². The molecule has 116 valence electrons. The number of nitrogens with two attached hydrogens (primary N) is 1. The number of nitrogens with zero attached hydrogens (tertiary/aromatic N) is 2. The summed E-state index contributed by atoms with van der Waals surface area (Å²) in [6, 6.07) is 6.46. The minimum atomic E-state index is -0.202. The summed E-state index contributed by atoms with van der Waals surface area (Å²) >= 11 is 1.70. The zero-order valence-electron chi connectivity index (χ0n) is 13.1. The van der Waals surface area contributed by atoms with Gasteiger partial charge in [0, 0.05) is 19.6 Å². The van der Waals surface area contributed by atoms with Crippen molar-refractivity contribution in [3.05, 3.63) is 34.9 Å². The van der Waals surface area contributed by atoms with Crippen LogP contribution in [0.4, 0.5) is 0 Å². The quantitative estimate of drug-likeness (QED) is 0.389. The number of oxime groups is 1. The zero-order chi connectivity index (χ0) is 15.5. The molecule has 0 atom stereocenters. The van der Waals surface area contributed by atoms with Crippen molar-refractivity contribution in [2.45, 2.75) is 38.0 Å². The maximum Gasteiger partial charge on any atom is 0.155 e. The lowest BCUT2D eigenvalue weighted by atomic mass is 9.93. The van der Waals surface area contributed by atoms with Crippen molar-refractivity contribution >= 4 is 17.6 Å². The van der Waals surface area contributed by atoms with Gasteiger partial charge in [-0.2, -0.15) is 11.8 Å².